The lowest BCUT2D eigenvalue weighted by molar-refractivity contribution is -0.142. The third-order valence-electron chi connectivity index (χ3n) is 4.63. The van der Waals surface area contributed by atoms with Crippen LogP contribution in [0.25, 0.3) is 5.69 Å². The van der Waals surface area contributed by atoms with Crippen LogP contribution in [0.4, 0.5) is 0 Å². The van der Waals surface area contributed by atoms with Crippen molar-refractivity contribution in [3.63, 3.8) is 0 Å². The Kier molecular flexibility index (Phi) is 4.29. The third-order valence-corrected chi connectivity index (χ3v) is 4.63. The highest BCUT2D eigenvalue weighted by Crippen LogP contribution is 2.23. The number of ether oxygens (including phenoxy) is 1. The monoisotopic (exact) mass is 330 g/mol. The Morgan fingerprint density at radius 2 is 2.12 bits per heavy atom. The van der Waals surface area contributed by atoms with E-state index in [2.05, 4.69) is 10.00 Å². The van der Waals surface area contributed by atoms with Gasteiger partial charge in [-0.25, -0.2) is 4.68 Å². The Bertz CT molecular complexity index is 741. The van der Waals surface area contributed by atoms with E-state index in [-0.39, 0.29) is 0 Å². The van der Waals surface area contributed by atoms with E-state index in [0.717, 1.165) is 22.7 Å². The normalized spacial score (nSPS) is 21.1. The van der Waals surface area contributed by atoms with Crippen LogP contribution in [0.5, 0.6) is 5.75 Å². The maximum absolute atomic E-state index is 11.3. The number of nitrogens with two attached hydrogens (primary N) is 1. The number of likely N-dealkylation sites (tertiary alicyclic amines) is 1. The topological polar surface area (TPSA) is 93.6 Å². The summed E-state index contributed by atoms with van der Waals surface area (Å²) in [7, 11) is 1.64. The van der Waals surface area contributed by atoms with E-state index in [9.17, 15) is 9.90 Å². The van der Waals surface area contributed by atoms with Crippen molar-refractivity contribution in [2.45, 2.75) is 25.4 Å². The fraction of sp³-hybridized carbons (Fsp3) is 0.412. The van der Waals surface area contributed by atoms with Gasteiger partial charge in [0.1, 0.15) is 11.3 Å². The van der Waals surface area contributed by atoms with Crippen LogP contribution in [0, 0.1) is 6.92 Å². The molecule has 1 aromatic carbocycles. The highest BCUT2D eigenvalue weighted by Gasteiger charge is 2.41. The van der Waals surface area contributed by atoms with Crippen LogP contribution in [-0.4, -0.2) is 51.5 Å². The van der Waals surface area contributed by atoms with Crippen LogP contribution in [0.3, 0.4) is 0 Å². The van der Waals surface area contributed by atoms with Gasteiger partial charge in [0.2, 0.25) is 0 Å². The highest BCUT2D eigenvalue weighted by molar-refractivity contribution is 5.79. The van der Waals surface area contributed by atoms with Crippen molar-refractivity contribution < 1.29 is 14.6 Å². The number of carboxylic acids is 1. The summed E-state index contributed by atoms with van der Waals surface area (Å²) in [6.07, 6.45) is 2.30. The smallest absolute Gasteiger partial charge is 0.325 e. The molecule has 3 N–H and O–H groups in total. The summed E-state index contributed by atoms with van der Waals surface area (Å²) in [5.41, 5.74) is 7.85. The lowest BCUT2D eigenvalue weighted by Crippen LogP contribution is -2.50. The van der Waals surface area contributed by atoms with E-state index < -0.39 is 11.5 Å². The van der Waals surface area contributed by atoms with Gasteiger partial charge in [-0.1, -0.05) is 0 Å². The molecule has 0 bridgehead atoms. The van der Waals surface area contributed by atoms with Gasteiger partial charge in [0.25, 0.3) is 0 Å². The number of aromatic nitrogens is 2. The molecule has 3 rings (SSSR count). The number of benzene rings is 1. The number of carboxylic acid groups (broad SMARTS) is 1. The molecule has 1 aromatic heterocycles. The first kappa shape index (κ1) is 16.5. The second-order valence-electron chi connectivity index (χ2n) is 6.29. The lowest BCUT2D eigenvalue weighted by Gasteiger charge is -2.19. The molecule has 1 saturated heterocycles. The molecule has 0 saturated carbocycles. The lowest BCUT2D eigenvalue weighted by atomic mass is 10.0. The zero-order chi connectivity index (χ0) is 17.3. The summed E-state index contributed by atoms with van der Waals surface area (Å²) >= 11 is 0. The average Bonchev–Trinajstić information content (AvgIpc) is 3.13. The van der Waals surface area contributed by atoms with E-state index in [1.807, 2.05) is 42.1 Å². The van der Waals surface area contributed by atoms with E-state index >= 15 is 0 Å². The zero-order valence-corrected chi connectivity index (χ0v) is 13.9. The molecule has 24 heavy (non-hydrogen) atoms. The van der Waals surface area contributed by atoms with Crippen LogP contribution < -0.4 is 10.5 Å². The minimum Gasteiger partial charge on any atom is -0.497 e. The molecule has 0 spiro atoms. The van der Waals surface area contributed by atoms with Gasteiger partial charge < -0.3 is 15.6 Å². The van der Waals surface area contributed by atoms with E-state index in [1.54, 1.807) is 7.11 Å². The van der Waals surface area contributed by atoms with Gasteiger partial charge in [-0.05, 0) is 37.6 Å². The maximum Gasteiger partial charge on any atom is 0.325 e. The quantitative estimate of drug-likeness (QED) is 0.855. The van der Waals surface area contributed by atoms with Crippen molar-refractivity contribution in [3.8, 4) is 11.4 Å². The molecule has 0 unspecified atom stereocenters. The van der Waals surface area contributed by atoms with E-state index in [4.69, 9.17) is 10.5 Å². The number of methoxy groups -OCH3 is 1. The van der Waals surface area contributed by atoms with Gasteiger partial charge in [0.15, 0.2) is 0 Å². The number of rotatable bonds is 5. The molecule has 1 aliphatic rings. The Hall–Kier alpha value is -2.38. The Balaban J connectivity index is 1.75. The predicted octanol–water partition coefficient (Wildman–Crippen LogP) is 1.18. The molecule has 0 amide bonds. The molecule has 0 aliphatic carbocycles. The first-order chi connectivity index (χ1) is 11.4. The molecule has 2 aromatic rings. The van der Waals surface area contributed by atoms with E-state index in [0.29, 0.717) is 26.1 Å². The Morgan fingerprint density at radius 1 is 1.42 bits per heavy atom. The van der Waals surface area contributed by atoms with Gasteiger partial charge >= 0.3 is 5.97 Å². The van der Waals surface area contributed by atoms with Crippen LogP contribution in [0.15, 0.2) is 30.5 Å². The second-order valence-corrected chi connectivity index (χ2v) is 6.29. The largest absolute Gasteiger partial charge is 0.497 e. The first-order valence-electron chi connectivity index (χ1n) is 7.85. The van der Waals surface area contributed by atoms with Crippen molar-refractivity contribution in [2.24, 2.45) is 5.73 Å². The van der Waals surface area contributed by atoms with Gasteiger partial charge in [-0.15, -0.1) is 0 Å². The fourth-order valence-electron chi connectivity index (χ4n) is 3.05. The molecule has 128 valence electrons. The minimum absolute atomic E-state index is 0.357. The molecular formula is C17H22N4O3. The maximum atomic E-state index is 11.3. The number of hydrogen-bond donors (Lipinski definition) is 2. The average molecular weight is 330 g/mol. The minimum atomic E-state index is -1.14. The molecule has 2 heterocycles. The zero-order valence-electron chi connectivity index (χ0n) is 13.9. The third kappa shape index (κ3) is 3.00. The molecule has 1 atom stereocenters. The SMILES string of the molecule is COc1ccc(-n2ncc(CN3CC[C@@](N)(C(=O)O)C3)c2C)cc1. The van der Waals surface area contributed by atoms with Crippen molar-refractivity contribution >= 4 is 5.97 Å². The van der Waals surface area contributed by atoms with Crippen LogP contribution in [-0.2, 0) is 11.3 Å². The Morgan fingerprint density at radius 3 is 2.71 bits per heavy atom. The molecular weight excluding hydrogens is 308 g/mol. The highest BCUT2D eigenvalue weighted by atomic mass is 16.5. The number of carbonyl (C=O) groups is 1. The van der Waals surface area contributed by atoms with Crippen molar-refractivity contribution in [2.75, 3.05) is 20.2 Å². The molecule has 1 fully saturated rings. The first-order valence-corrected chi connectivity index (χ1v) is 7.85. The van der Waals surface area contributed by atoms with Crippen molar-refractivity contribution in [1.29, 1.82) is 0 Å². The number of aliphatic carboxylic acids is 1. The van der Waals surface area contributed by atoms with Crippen LogP contribution in [0.1, 0.15) is 17.7 Å². The summed E-state index contributed by atoms with van der Waals surface area (Å²) in [5, 5.41) is 13.7. The van der Waals surface area contributed by atoms with Crippen molar-refractivity contribution in [1.82, 2.24) is 14.7 Å². The molecule has 7 heteroatoms. The summed E-state index contributed by atoms with van der Waals surface area (Å²) in [6, 6.07) is 7.69. The standard InChI is InChI=1S/C17H22N4O3/c1-12-13(10-20-8-7-17(18,11-20)16(22)23)9-19-21(12)14-3-5-15(24-2)6-4-14/h3-6,9H,7-8,10-11,18H2,1-2H3,(H,22,23)/t17-/m0/s1. The van der Waals surface area contributed by atoms with Gasteiger partial charge in [-0.2, -0.15) is 5.10 Å². The fourth-order valence-corrected chi connectivity index (χ4v) is 3.05. The van der Waals surface area contributed by atoms with Gasteiger partial charge in [-0.3, -0.25) is 9.69 Å². The van der Waals surface area contributed by atoms with Gasteiger partial charge in [0.05, 0.1) is 19.0 Å². The number of nitrogens with zero attached hydrogens (tertiary/aromatic N) is 3. The van der Waals surface area contributed by atoms with Crippen LogP contribution in [0.2, 0.25) is 0 Å². The second kappa shape index (κ2) is 6.26. The van der Waals surface area contributed by atoms with Crippen LogP contribution >= 0.6 is 0 Å². The Labute approximate surface area is 140 Å². The molecule has 7 nitrogen and oxygen atoms in total. The predicted molar refractivity (Wildman–Crippen MR) is 89.3 cm³/mol. The van der Waals surface area contributed by atoms with E-state index in [1.165, 1.54) is 0 Å². The summed E-state index contributed by atoms with van der Waals surface area (Å²) in [5.74, 6) is -0.135. The summed E-state index contributed by atoms with van der Waals surface area (Å²) < 4.78 is 7.04. The summed E-state index contributed by atoms with van der Waals surface area (Å²) in [4.78, 5) is 13.3. The summed E-state index contributed by atoms with van der Waals surface area (Å²) in [6.45, 7) is 3.69. The van der Waals surface area contributed by atoms with Gasteiger partial charge in [0, 0.05) is 30.9 Å². The van der Waals surface area contributed by atoms with Crippen molar-refractivity contribution in [3.05, 3.63) is 41.7 Å². The molecule has 0 radical (unpaired) electrons. The number of hydrogen-bond acceptors (Lipinski definition) is 5. The molecule has 1 aliphatic heterocycles.